The van der Waals surface area contributed by atoms with Crippen LogP contribution in [0.15, 0.2) is 70.4 Å². The SMILES string of the molecule is Cc1cc(C)c(S(=O)(=O)N(CC(=O)Nc2ccc(N3CCCC3)cc2C)c2c(C)n(C)n(-c3ccccc3)c2=O)c(C)c1. The summed E-state index contributed by atoms with van der Waals surface area (Å²) in [6.45, 7) is 10.4. The number of amides is 1. The van der Waals surface area contributed by atoms with E-state index < -0.39 is 28.0 Å². The van der Waals surface area contributed by atoms with Gasteiger partial charge in [-0.15, -0.1) is 0 Å². The van der Waals surface area contributed by atoms with E-state index in [1.54, 1.807) is 56.8 Å². The van der Waals surface area contributed by atoms with Crippen LogP contribution in [-0.2, 0) is 21.9 Å². The molecular formula is C33H39N5O4S. The number of nitrogens with zero attached hydrogens (tertiary/aromatic N) is 4. The number of benzene rings is 3. The topological polar surface area (TPSA) is 96.7 Å². The van der Waals surface area contributed by atoms with Crippen LogP contribution in [0.3, 0.4) is 0 Å². The van der Waals surface area contributed by atoms with E-state index in [0.29, 0.717) is 28.2 Å². The van der Waals surface area contributed by atoms with Gasteiger partial charge in [0, 0.05) is 31.5 Å². The average molecular weight is 602 g/mol. The third-order valence-electron chi connectivity index (χ3n) is 8.17. The fourth-order valence-corrected chi connectivity index (χ4v) is 7.98. The maximum Gasteiger partial charge on any atom is 0.296 e. The highest BCUT2D eigenvalue weighted by molar-refractivity contribution is 7.93. The molecule has 0 spiro atoms. The minimum atomic E-state index is -4.34. The number of carbonyl (C=O) groups excluding carboxylic acids is 1. The molecule has 0 radical (unpaired) electrons. The Bertz CT molecular complexity index is 1830. The predicted octanol–water partition coefficient (Wildman–Crippen LogP) is 5.15. The summed E-state index contributed by atoms with van der Waals surface area (Å²) in [5, 5.41) is 2.90. The first-order valence-corrected chi connectivity index (χ1v) is 15.9. The zero-order valence-corrected chi connectivity index (χ0v) is 26.5. The van der Waals surface area contributed by atoms with Crippen molar-refractivity contribution in [3.63, 3.8) is 0 Å². The van der Waals surface area contributed by atoms with Gasteiger partial charge in [-0.3, -0.25) is 14.3 Å². The monoisotopic (exact) mass is 601 g/mol. The maximum atomic E-state index is 14.5. The number of sulfonamides is 1. The van der Waals surface area contributed by atoms with E-state index in [0.717, 1.165) is 47.1 Å². The highest BCUT2D eigenvalue weighted by Crippen LogP contribution is 2.31. The number of aromatic nitrogens is 2. The minimum absolute atomic E-state index is 0.0676. The van der Waals surface area contributed by atoms with Gasteiger partial charge in [0.15, 0.2) is 0 Å². The largest absolute Gasteiger partial charge is 0.372 e. The lowest BCUT2D eigenvalue weighted by Crippen LogP contribution is -2.41. The van der Waals surface area contributed by atoms with Gasteiger partial charge in [-0.1, -0.05) is 35.9 Å². The van der Waals surface area contributed by atoms with Gasteiger partial charge in [0.1, 0.15) is 12.2 Å². The molecule has 2 heterocycles. The Kier molecular flexibility index (Phi) is 8.25. The molecule has 1 N–H and O–H groups in total. The van der Waals surface area contributed by atoms with E-state index >= 15 is 0 Å². The van der Waals surface area contributed by atoms with Crippen LogP contribution in [0.2, 0.25) is 0 Å². The van der Waals surface area contributed by atoms with E-state index in [1.165, 1.54) is 4.68 Å². The molecule has 1 aliphatic rings. The lowest BCUT2D eigenvalue weighted by Gasteiger charge is -2.25. The molecule has 0 atom stereocenters. The molecule has 4 aromatic rings. The number of para-hydroxylation sites is 1. The Morgan fingerprint density at radius 2 is 1.49 bits per heavy atom. The van der Waals surface area contributed by atoms with Gasteiger partial charge in [-0.2, -0.15) is 0 Å². The maximum absolute atomic E-state index is 14.5. The van der Waals surface area contributed by atoms with Crippen LogP contribution in [0.5, 0.6) is 0 Å². The first-order valence-electron chi connectivity index (χ1n) is 14.5. The molecule has 1 aliphatic heterocycles. The molecule has 226 valence electrons. The first-order chi connectivity index (χ1) is 20.4. The fourth-order valence-electron chi connectivity index (χ4n) is 6.09. The van der Waals surface area contributed by atoms with Crippen molar-refractivity contribution < 1.29 is 13.2 Å². The average Bonchev–Trinajstić information content (AvgIpc) is 3.55. The number of carbonyl (C=O) groups is 1. The second-order valence-corrected chi connectivity index (χ2v) is 13.2. The number of anilines is 3. The molecule has 0 aliphatic carbocycles. The quantitative estimate of drug-likeness (QED) is 0.301. The third kappa shape index (κ3) is 5.71. The van der Waals surface area contributed by atoms with Crippen molar-refractivity contribution in [3.05, 3.63) is 99.0 Å². The summed E-state index contributed by atoms with van der Waals surface area (Å²) in [5.74, 6) is -0.545. The summed E-state index contributed by atoms with van der Waals surface area (Å²) in [7, 11) is -2.64. The van der Waals surface area contributed by atoms with Gasteiger partial charge in [-0.25, -0.2) is 17.4 Å². The Morgan fingerprint density at radius 1 is 0.860 bits per heavy atom. The zero-order chi connectivity index (χ0) is 31.1. The van der Waals surface area contributed by atoms with Crippen molar-refractivity contribution in [2.75, 3.05) is 34.2 Å². The first kappa shape index (κ1) is 30.2. The molecule has 1 amide bonds. The molecule has 43 heavy (non-hydrogen) atoms. The molecule has 5 rings (SSSR count). The molecular weight excluding hydrogens is 562 g/mol. The van der Waals surface area contributed by atoms with Crippen LogP contribution in [0.1, 0.15) is 40.8 Å². The molecule has 3 aromatic carbocycles. The van der Waals surface area contributed by atoms with Crippen molar-refractivity contribution >= 4 is 33.0 Å². The highest BCUT2D eigenvalue weighted by Gasteiger charge is 2.35. The fraction of sp³-hybridized carbons (Fsp3) is 0.333. The van der Waals surface area contributed by atoms with Crippen molar-refractivity contribution in [2.24, 2.45) is 7.05 Å². The van der Waals surface area contributed by atoms with E-state index in [4.69, 9.17) is 0 Å². The van der Waals surface area contributed by atoms with Gasteiger partial charge in [0.05, 0.1) is 16.3 Å². The second kappa shape index (κ2) is 11.8. The van der Waals surface area contributed by atoms with Crippen LogP contribution in [-0.4, -0.2) is 43.3 Å². The van der Waals surface area contributed by atoms with Gasteiger partial charge in [0.25, 0.3) is 15.6 Å². The summed E-state index contributed by atoms with van der Waals surface area (Å²) in [5.41, 5.74) is 5.00. The summed E-state index contributed by atoms with van der Waals surface area (Å²) in [4.78, 5) is 30.0. The molecule has 0 unspecified atom stereocenters. The normalized spacial score (nSPS) is 13.4. The highest BCUT2D eigenvalue weighted by atomic mass is 32.2. The van der Waals surface area contributed by atoms with E-state index in [-0.39, 0.29) is 10.6 Å². The van der Waals surface area contributed by atoms with Gasteiger partial charge in [0.2, 0.25) is 5.91 Å². The van der Waals surface area contributed by atoms with Crippen LogP contribution >= 0.6 is 0 Å². The van der Waals surface area contributed by atoms with Gasteiger partial charge < -0.3 is 10.2 Å². The predicted molar refractivity (Wildman–Crippen MR) is 172 cm³/mol. The lowest BCUT2D eigenvalue weighted by atomic mass is 10.1. The van der Waals surface area contributed by atoms with Crippen LogP contribution in [0.25, 0.3) is 5.69 Å². The van der Waals surface area contributed by atoms with Crippen LogP contribution in [0.4, 0.5) is 17.1 Å². The molecule has 0 bridgehead atoms. The molecule has 10 heteroatoms. The minimum Gasteiger partial charge on any atom is -0.372 e. The smallest absolute Gasteiger partial charge is 0.296 e. The van der Waals surface area contributed by atoms with Crippen LogP contribution < -0.4 is 20.1 Å². The van der Waals surface area contributed by atoms with Gasteiger partial charge in [-0.05, 0) is 94.5 Å². The second-order valence-electron chi connectivity index (χ2n) is 11.4. The Morgan fingerprint density at radius 3 is 2.09 bits per heavy atom. The zero-order valence-electron chi connectivity index (χ0n) is 25.6. The molecule has 0 saturated carbocycles. The van der Waals surface area contributed by atoms with Gasteiger partial charge >= 0.3 is 0 Å². The summed E-state index contributed by atoms with van der Waals surface area (Å²) in [6.07, 6.45) is 2.32. The lowest BCUT2D eigenvalue weighted by molar-refractivity contribution is -0.114. The summed E-state index contributed by atoms with van der Waals surface area (Å²) < 4.78 is 33.0. The van der Waals surface area contributed by atoms with Crippen molar-refractivity contribution in [2.45, 2.75) is 52.4 Å². The number of rotatable bonds is 8. The summed E-state index contributed by atoms with van der Waals surface area (Å²) >= 11 is 0. The van der Waals surface area contributed by atoms with E-state index in [1.807, 2.05) is 50.2 Å². The number of nitrogens with one attached hydrogen (secondary N) is 1. The van der Waals surface area contributed by atoms with Crippen molar-refractivity contribution in [1.82, 2.24) is 9.36 Å². The number of hydrogen-bond acceptors (Lipinski definition) is 5. The molecule has 9 nitrogen and oxygen atoms in total. The number of hydrogen-bond donors (Lipinski definition) is 1. The van der Waals surface area contributed by atoms with E-state index in [9.17, 15) is 18.0 Å². The molecule has 1 saturated heterocycles. The van der Waals surface area contributed by atoms with Crippen LogP contribution in [0, 0.1) is 34.6 Å². The third-order valence-corrected chi connectivity index (χ3v) is 10.2. The van der Waals surface area contributed by atoms with Crippen molar-refractivity contribution in [1.29, 1.82) is 0 Å². The Labute approximate surface area is 253 Å². The molecule has 1 aromatic heterocycles. The van der Waals surface area contributed by atoms with E-state index in [2.05, 4.69) is 10.2 Å². The Hall–Kier alpha value is -4.31. The molecule has 1 fully saturated rings. The van der Waals surface area contributed by atoms with Crippen molar-refractivity contribution in [3.8, 4) is 5.69 Å². The standard InChI is InChI=1S/C33H39N5O4S/c1-22-18-24(3)32(25(4)19-22)43(41,42)37(31-26(5)35(6)38(33(31)40)27-12-8-7-9-13-27)21-30(39)34-29-15-14-28(20-23(29)2)36-16-10-11-17-36/h7-9,12-15,18-20H,10-11,16-17,21H2,1-6H3,(H,34,39). The number of aryl methyl sites for hydroxylation is 4. The summed E-state index contributed by atoms with van der Waals surface area (Å²) in [6, 6.07) is 18.5. The Balaban J connectivity index is 1.58.